The van der Waals surface area contributed by atoms with Crippen LogP contribution in [-0.4, -0.2) is 31.1 Å². The number of hydrogen-bond acceptors (Lipinski definition) is 2. The average molecular weight is 212 g/mol. The number of hydrogen-bond donors (Lipinski definition) is 1. The Hall–Kier alpha value is -0.0800. The Morgan fingerprint density at radius 1 is 0.933 bits per heavy atom. The lowest BCUT2D eigenvalue weighted by Gasteiger charge is -2.25. The lowest BCUT2D eigenvalue weighted by Crippen LogP contribution is -2.37. The molecule has 0 radical (unpaired) electrons. The average Bonchev–Trinajstić information content (AvgIpc) is 2.25. The molecule has 90 valence electrons. The third-order valence-corrected chi connectivity index (χ3v) is 3.66. The van der Waals surface area contributed by atoms with Crippen LogP contribution in [0.15, 0.2) is 0 Å². The molecule has 1 saturated heterocycles. The van der Waals surface area contributed by atoms with E-state index in [1.807, 2.05) is 0 Å². The molecule has 2 aliphatic rings. The van der Waals surface area contributed by atoms with E-state index in [-0.39, 0.29) is 0 Å². The van der Waals surface area contributed by atoms with E-state index < -0.39 is 0 Å². The van der Waals surface area contributed by atoms with Gasteiger partial charge >= 0.3 is 0 Å². The Labute approximate surface area is 95.2 Å². The van der Waals surface area contributed by atoms with Crippen LogP contribution in [0.2, 0.25) is 0 Å². The zero-order valence-corrected chi connectivity index (χ0v) is 10.5. The monoisotopic (exact) mass is 212 g/mol. The van der Waals surface area contributed by atoms with Crippen molar-refractivity contribution in [2.24, 2.45) is 11.7 Å². The Bertz CT molecular complexity index is 135. The molecule has 2 fully saturated rings. The summed E-state index contributed by atoms with van der Waals surface area (Å²) in [5.74, 6) is 1.04. The van der Waals surface area contributed by atoms with Gasteiger partial charge in [0.15, 0.2) is 0 Å². The summed E-state index contributed by atoms with van der Waals surface area (Å²) in [5.41, 5.74) is 5.67. The van der Waals surface area contributed by atoms with Crippen molar-refractivity contribution in [3.05, 3.63) is 0 Å². The van der Waals surface area contributed by atoms with Crippen LogP contribution in [-0.2, 0) is 0 Å². The van der Waals surface area contributed by atoms with Crippen molar-refractivity contribution in [2.75, 3.05) is 20.1 Å². The molecule has 1 aliphatic heterocycles. The maximum Gasteiger partial charge on any atom is 0.00631 e. The first-order valence-corrected chi connectivity index (χ1v) is 6.62. The van der Waals surface area contributed by atoms with E-state index in [0.29, 0.717) is 6.04 Å². The first-order valence-electron chi connectivity index (χ1n) is 6.62. The van der Waals surface area contributed by atoms with Crippen LogP contribution in [0, 0.1) is 5.92 Å². The second-order valence-corrected chi connectivity index (χ2v) is 5.38. The first kappa shape index (κ1) is 13.0. The smallest absolute Gasteiger partial charge is 0.00631 e. The number of nitrogens with two attached hydrogens (primary N) is 1. The summed E-state index contributed by atoms with van der Waals surface area (Å²) in [6.07, 6.45) is 9.79. The van der Waals surface area contributed by atoms with Gasteiger partial charge in [0.05, 0.1) is 0 Å². The van der Waals surface area contributed by atoms with Crippen LogP contribution < -0.4 is 5.73 Å². The fourth-order valence-electron chi connectivity index (χ4n) is 2.34. The van der Waals surface area contributed by atoms with Crippen LogP contribution in [0.4, 0.5) is 0 Å². The quantitative estimate of drug-likeness (QED) is 0.669. The molecule has 0 unspecified atom stereocenters. The number of rotatable bonds is 0. The highest BCUT2D eigenvalue weighted by molar-refractivity contribution is 4.70. The molecule has 0 aromatic rings. The summed E-state index contributed by atoms with van der Waals surface area (Å²) in [4.78, 5) is 2.32. The lowest BCUT2D eigenvalue weighted by molar-refractivity contribution is 0.256. The lowest BCUT2D eigenvalue weighted by atomic mass is 9.91. The second-order valence-electron chi connectivity index (χ2n) is 5.38. The zero-order valence-electron chi connectivity index (χ0n) is 10.5. The Balaban J connectivity index is 0.000000151. The van der Waals surface area contributed by atoms with Gasteiger partial charge in [0.25, 0.3) is 0 Å². The summed E-state index contributed by atoms with van der Waals surface area (Å²) in [5, 5.41) is 0. The molecule has 15 heavy (non-hydrogen) atoms. The number of piperidine rings is 1. The molecule has 2 heteroatoms. The van der Waals surface area contributed by atoms with Gasteiger partial charge < -0.3 is 10.6 Å². The van der Waals surface area contributed by atoms with Crippen molar-refractivity contribution >= 4 is 0 Å². The van der Waals surface area contributed by atoms with Gasteiger partial charge in [0, 0.05) is 6.04 Å². The van der Waals surface area contributed by atoms with E-state index in [0.717, 1.165) is 5.92 Å². The Kier molecular flexibility index (Phi) is 6.26. The molecule has 0 amide bonds. The standard InChI is InChI=1S/C7H14.C6H14N2/c1-7-5-3-2-4-6-7;1-8-4-2-6(7)3-5-8/h7H,2-6H2,1H3;6H,2-5,7H2,1H3. The maximum atomic E-state index is 5.67. The van der Waals surface area contributed by atoms with E-state index >= 15 is 0 Å². The SMILES string of the molecule is CC1CCCCC1.CN1CCC(N)CC1. The molecular weight excluding hydrogens is 184 g/mol. The third kappa shape index (κ3) is 6.16. The van der Waals surface area contributed by atoms with E-state index in [4.69, 9.17) is 5.73 Å². The minimum absolute atomic E-state index is 0.478. The molecular formula is C13H28N2. The van der Waals surface area contributed by atoms with E-state index in [2.05, 4.69) is 18.9 Å². The number of nitrogens with zero attached hydrogens (tertiary/aromatic N) is 1. The van der Waals surface area contributed by atoms with Crippen LogP contribution in [0.5, 0.6) is 0 Å². The molecule has 2 N–H and O–H groups in total. The second kappa shape index (κ2) is 7.24. The molecule has 1 heterocycles. The maximum absolute atomic E-state index is 5.67. The van der Waals surface area contributed by atoms with Crippen molar-refractivity contribution in [1.29, 1.82) is 0 Å². The van der Waals surface area contributed by atoms with Crippen molar-refractivity contribution in [1.82, 2.24) is 4.90 Å². The molecule has 2 nitrogen and oxygen atoms in total. The summed E-state index contributed by atoms with van der Waals surface area (Å²) in [7, 11) is 2.14. The minimum Gasteiger partial charge on any atom is -0.328 e. The first-order chi connectivity index (χ1) is 7.18. The normalized spacial score (nSPS) is 25.8. The summed E-state index contributed by atoms with van der Waals surface area (Å²) in [6.45, 7) is 4.72. The Morgan fingerprint density at radius 3 is 1.80 bits per heavy atom. The van der Waals surface area contributed by atoms with E-state index in [1.165, 1.54) is 58.0 Å². The molecule has 0 spiro atoms. The van der Waals surface area contributed by atoms with Gasteiger partial charge in [0.2, 0.25) is 0 Å². The van der Waals surface area contributed by atoms with Crippen molar-refractivity contribution in [2.45, 2.75) is 57.9 Å². The van der Waals surface area contributed by atoms with Gasteiger partial charge in [-0.1, -0.05) is 39.0 Å². The van der Waals surface area contributed by atoms with E-state index in [1.54, 1.807) is 0 Å². The highest BCUT2D eigenvalue weighted by Crippen LogP contribution is 2.22. The largest absolute Gasteiger partial charge is 0.328 e. The van der Waals surface area contributed by atoms with Crippen molar-refractivity contribution in [3.63, 3.8) is 0 Å². The Morgan fingerprint density at radius 2 is 1.47 bits per heavy atom. The predicted molar refractivity (Wildman–Crippen MR) is 67.0 cm³/mol. The summed E-state index contributed by atoms with van der Waals surface area (Å²) in [6, 6.07) is 0.478. The summed E-state index contributed by atoms with van der Waals surface area (Å²) < 4.78 is 0. The van der Waals surface area contributed by atoms with Crippen molar-refractivity contribution in [3.8, 4) is 0 Å². The van der Waals surface area contributed by atoms with Crippen LogP contribution >= 0.6 is 0 Å². The molecule has 1 saturated carbocycles. The van der Waals surface area contributed by atoms with Gasteiger partial charge in [-0.05, 0) is 38.9 Å². The molecule has 0 bridgehead atoms. The fraction of sp³-hybridized carbons (Fsp3) is 1.00. The highest BCUT2D eigenvalue weighted by atomic mass is 15.1. The highest BCUT2D eigenvalue weighted by Gasteiger charge is 2.11. The number of likely N-dealkylation sites (tertiary alicyclic amines) is 1. The molecule has 1 aliphatic carbocycles. The van der Waals surface area contributed by atoms with Crippen molar-refractivity contribution < 1.29 is 0 Å². The van der Waals surface area contributed by atoms with Crippen LogP contribution in [0.3, 0.4) is 0 Å². The van der Waals surface area contributed by atoms with Gasteiger partial charge in [-0.2, -0.15) is 0 Å². The van der Waals surface area contributed by atoms with E-state index in [9.17, 15) is 0 Å². The van der Waals surface area contributed by atoms with Gasteiger partial charge in [-0.25, -0.2) is 0 Å². The summed E-state index contributed by atoms with van der Waals surface area (Å²) >= 11 is 0. The van der Waals surface area contributed by atoms with Gasteiger partial charge in [0.1, 0.15) is 0 Å². The van der Waals surface area contributed by atoms with Gasteiger partial charge in [-0.3, -0.25) is 0 Å². The zero-order chi connectivity index (χ0) is 11.1. The minimum atomic E-state index is 0.478. The van der Waals surface area contributed by atoms with Crippen LogP contribution in [0.1, 0.15) is 51.9 Å². The molecule has 2 rings (SSSR count). The third-order valence-electron chi connectivity index (χ3n) is 3.66. The van der Waals surface area contributed by atoms with Crippen LogP contribution in [0.25, 0.3) is 0 Å². The molecule has 0 aromatic carbocycles. The fourth-order valence-corrected chi connectivity index (χ4v) is 2.34. The molecule has 0 aromatic heterocycles. The molecule has 0 atom stereocenters. The topological polar surface area (TPSA) is 29.3 Å². The predicted octanol–water partition coefficient (Wildman–Crippen LogP) is 2.63. The van der Waals surface area contributed by atoms with Gasteiger partial charge in [-0.15, -0.1) is 0 Å².